The van der Waals surface area contributed by atoms with Crippen molar-refractivity contribution in [3.05, 3.63) is 95.0 Å². The van der Waals surface area contributed by atoms with Crippen LogP contribution in [0.15, 0.2) is 72.5 Å². The molecule has 23 heteroatoms. The molecule has 0 unspecified atom stereocenters. The first-order chi connectivity index (χ1) is 38.2. The van der Waals surface area contributed by atoms with Gasteiger partial charge in [0.2, 0.25) is 17.7 Å². The molecule has 19 nitrogen and oxygen atoms in total. The van der Waals surface area contributed by atoms with Crippen LogP contribution >= 0.6 is 11.3 Å². The number of alkyl halides is 3. The van der Waals surface area contributed by atoms with E-state index in [1.54, 1.807) is 22.6 Å². The third kappa shape index (κ3) is 15.7. The molecule has 80 heavy (non-hydrogen) atoms. The van der Waals surface area contributed by atoms with Gasteiger partial charge in [0.05, 0.1) is 84.6 Å². The number of thiazole rings is 1. The number of amides is 4. The molecule has 5 aromatic rings. The second-order valence-corrected chi connectivity index (χ2v) is 22.5. The van der Waals surface area contributed by atoms with E-state index in [4.69, 9.17) is 19.9 Å². The summed E-state index contributed by atoms with van der Waals surface area (Å²) >= 11 is 1.57. The second kappa shape index (κ2) is 26.8. The van der Waals surface area contributed by atoms with Crippen LogP contribution in [0.2, 0.25) is 0 Å². The number of halogens is 3. The van der Waals surface area contributed by atoms with E-state index in [9.17, 15) is 37.5 Å². The summed E-state index contributed by atoms with van der Waals surface area (Å²) in [5, 5.41) is 17.5. The summed E-state index contributed by atoms with van der Waals surface area (Å²) in [5.74, 6) is -1.89. The molecule has 432 valence electrons. The van der Waals surface area contributed by atoms with E-state index in [1.807, 2.05) is 64.4 Å². The highest BCUT2D eigenvalue weighted by Crippen LogP contribution is 2.35. The Morgan fingerprint density at radius 2 is 1.52 bits per heavy atom. The zero-order valence-corrected chi connectivity index (χ0v) is 46.8. The Balaban J connectivity index is 0.678. The maximum Gasteiger partial charge on any atom is 0.573 e. The fourth-order valence-electron chi connectivity index (χ4n) is 10.4. The van der Waals surface area contributed by atoms with Crippen LogP contribution in [0.5, 0.6) is 5.75 Å². The van der Waals surface area contributed by atoms with E-state index >= 15 is 0 Å². The SMILES string of the molecule is Cc1ncsc1-c1ccc([C@H](C)NC(=O)[C@@H]2C[C@@H](O)CN2C(=O)[C@@H](NC(=O)CCOCCOCCOCCN2CCN(c3ccc4c(C5CCN(C(=O)c6ccc(OC(F)(F)F)cc6N)CC5)ncnc4c3)CC2)C(C)(C)C)cc1. The number of piperidine rings is 1. The largest absolute Gasteiger partial charge is 0.573 e. The number of rotatable bonds is 22. The van der Waals surface area contributed by atoms with Crippen molar-refractivity contribution in [3.8, 4) is 16.2 Å². The van der Waals surface area contributed by atoms with Gasteiger partial charge >= 0.3 is 6.36 Å². The lowest BCUT2D eigenvalue weighted by Crippen LogP contribution is -2.58. The van der Waals surface area contributed by atoms with Crippen molar-refractivity contribution in [2.75, 3.05) is 103 Å². The van der Waals surface area contributed by atoms with Crippen LogP contribution in [0.4, 0.5) is 24.5 Å². The number of nitrogen functional groups attached to an aromatic ring is 1. The highest BCUT2D eigenvalue weighted by molar-refractivity contribution is 7.13. The van der Waals surface area contributed by atoms with Gasteiger partial charge in [0, 0.05) is 93.9 Å². The second-order valence-electron chi connectivity index (χ2n) is 21.6. The zero-order valence-electron chi connectivity index (χ0n) is 46.0. The molecule has 3 aliphatic rings. The molecule has 0 saturated carbocycles. The Hall–Kier alpha value is -6.50. The molecule has 0 bridgehead atoms. The van der Waals surface area contributed by atoms with Gasteiger partial charge in [0.25, 0.3) is 5.91 Å². The summed E-state index contributed by atoms with van der Waals surface area (Å²) in [7, 11) is 0. The maximum atomic E-state index is 14.1. The van der Waals surface area contributed by atoms with Gasteiger partial charge in [0.15, 0.2) is 0 Å². The monoisotopic (exact) mass is 1130 g/mol. The number of hydrogen-bond acceptors (Lipinski definition) is 16. The molecule has 3 aromatic carbocycles. The highest BCUT2D eigenvalue weighted by Gasteiger charge is 2.45. The normalized spacial score (nSPS) is 18.3. The van der Waals surface area contributed by atoms with Gasteiger partial charge in [-0.15, -0.1) is 24.5 Å². The maximum absolute atomic E-state index is 14.1. The van der Waals surface area contributed by atoms with Gasteiger partial charge in [-0.3, -0.25) is 24.1 Å². The van der Waals surface area contributed by atoms with E-state index < -0.39 is 41.6 Å². The van der Waals surface area contributed by atoms with Crippen LogP contribution in [0.3, 0.4) is 0 Å². The number of likely N-dealkylation sites (tertiary alicyclic amines) is 2. The minimum Gasteiger partial charge on any atom is -0.406 e. The highest BCUT2D eigenvalue weighted by atomic mass is 32.1. The van der Waals surface area contributed by atoms with Crippen molar-refractivity contribution < 1.29 is 56.4 Å². The summed E-state index contributed by atoms with van der Waals surface area (Å²) in [6.07, 6.45) is -2.73. The Labute approximate surface area is 468 Å². The minimum atomic E-state index is -4.86. The van der Waals surface area contributed by atoms with E-state index in [0.717, 1.165) is 88.8 Å². The molecule has 0 spiro atoms. The molecule has 2 aromatic heterocycles. The number of aliphatic hydroxyl groups is 1. The zero-order chi connectivity index (χ0) is 57.1. The Morgan fingerprint density at radius 3 is 2.17 bits per heavy atom. The molecular weight excluding hydrogens is 1060 g/mol. The molecular formula is C57H73F3N10O9S. The van der Waals surface area contributed by atoms with E-state index in [0.29, 0.717) is 52.4 Å². The van der Waals surface area contributed by atoms with E-state index in [-0.39, 0.29) is 73.5 Å². The number of piperazine rings is 1. The van der Waals surface area contributed by atoms with E-state index in [1.165, 1.54) is 11.0 Å². The lowest BCUT2D eigenvalue weighted by Gasteiger charge is -2.36. The summed E-state index contributed by atoms with van der Waals surface area (Å²) in [6, 6.07) is 15.4. The minimum absolute atomic E-state index is 0.0178. The number of carbonyl (C=O) groups is 4. The van der Waals surface area contributed by atoms with Gasteiger partial charge < -0.3 is 55.1 Å². The number of benzene rings is 3. The third-order valence-electron chi connectivity index (χ3n) is 14.9. The number of β-amino-alcohol motifs (C(OH)–C–C–N with tert-alkyl or cyclic N) is 1. The van der Waals surface area contributed by atoms with Crippen molar-refractivity contribution in [1.29, 1.82) is 0 Å². The van der Waals surface area contributed by atoms with Crippen LogP contribution in [-0.2, 0) is 28.6 Å². The number of nitrogens with two attached hydrogens (primary N) is 1. The van der Waals surface area contributed by atoms with Gasteiger partial charge in [-0.05, 0) is 73.6 Å². The molecule has 8 rings (SSSR count). The number of nitrogens with zero attached hydrogens (tertiary/aromatic N) is 7. The Morgan fingerprint density at radius 1 is 0.838 bits per heavy atom. The molecule has 5 heterocycles. The lowest BCUT2D eigenvalue weighted by molar-refractivity contribution is -0.274. The number of hydrogen-bond donors (Lipinski definition) is 4. The molecule has 3 aliphatic heterocycles. The molecule has 4 atom stereocenters. The average Bonchev–Trinajstić information content (AvgIpc) is 4.08. The average molecular weight is 1130 g/mol. The van der Waals surface area contributed by atoms with Crippen LogP contribution in [-0.4, -0.2) is 175 Å². The number of aliphatic hydroxyl groups excluding tert-OH is 1. The number of fused-ring (bicyclic) bond motifs is 1. The fraction of sp³-hybridized carbons (Fsp3) is 0.526. The number of ether oxygens (including phenoxy) is 4. The van der Waals surface area contributed by atoms with Crippen molar-refractivity contribution in [3.63, 3.8) is 0 Å². The fourth-order valence-corrected chi connectivity index (χ4v) is 11.2. The predicted octanol–water partition coefficient (Wildman–Crippen LogP) is 6.49. The van der Waals surface area contributed by atoms with Gasteiger partial charge in [-0.25, -0.2) is 15.0 Å². The van der Waals surface area contributed by atoms with Crippen molar-refractivity contribution in [2.24, 2.45) is 5.41 Å². The summed E-state index contributed by atoms with van der Waals surface area (Å²) in [5.41, 5.74) is 12.9. The number of aromatic nitrogens is 3. The standard InChI is InChI=1S/C57H73F3N10O9S/c1-36(38-6-8-40(9-7-38)51-37(2)64-35-80-51)65-53(73)48-31-42(71)33-70(48)55(75)52(56(3,4)5)66-49(72)16-24-76-26-28-78-29-27-77-25-23-67-19-21-68(22-20-67)41-10-12-45-47(30-41)62-34-63-50(45)39-14-17-69(18-15-39)54(74)44-13-11-43(32-46(44)61)79-57(58,59)60/h6-13,30,32,34-36,39,42,48,52,71H,14-29,31,33,61H2,1-5H3,(H,65,73)(H,66,72)/t36-,42+,48-,52+/m0/s1. The number of anilines is 2. The van der Waals surface area contributed by atoms with Crippen LogP contribution in [0, 0.1) is 12.3 Å². The van der Waals surface area contributed by atoms with Crippen molar-refractivity contribution >= 4 is 57.2 Å². The van der Waals surface area contributed by atoms with Crippen LogP contribution < -0.4 is 26.0 Å². The first-order valence-corrected chi connectivity index (χ1v) is 28.1. The molecule has 5 N–H and O–H groups in total. The topological polar surface area (TPSA) is 227 Å². The summed E-state index contributed by atoms with van der Waals surface area (Å²) < 4.78 is 59.1. The number of aryl methyl sites for hydroxylation is 1. The van der Waals surface area contributed by atoms with Gasteiger partial charge in [0.1, 0.15) is 24.2 Å². The molecule has 3 saturated heterocycles. The lowest BCUT2D eigenvalue weighted by atomic mass is 9.85. The number of nitrogens with one attached hydrogen (secondary N) is 2. The summed E-state index contributed by atoms with van der Waals surface area (Å²) in [6.45, 7) is 16.6. The first-order valence-electron chi connectivity index (χ1n) is 27.2. The van der Waals surface area contributed by atoms with Gasteiger partial charge in [-0.2, -0.15) is 0 Å². The molecule has 4 amide bonds. The van der Waals surface area contributed by atoms with E-state index in [2.05, 4.69) is 58.3 Å². The first kappa shape index (κ1) is 59.6. The summed E-state index contributed by atoms with van der Waals surface area (Å²) in [4.78, 5) is 76.6. The Kier molecular flexibility index (Phi) is 20.0. The van der Waals surface area contributed by atoms with Crippen LogP contribution in [0.1, 0.15) is 92.6 Å². The third-order valence-corrected chi connectivity index (χ3v) is 15.9. The Bertz CT molecular complexity index is 2910. The van der Waals surface area contributed by atoms with Crippen LogP contribution in [0.25, 0.3) is 21.3 Å². The predicted molar refractivity (Wildman–Crippen MR) is 297 cm³/mol. The van der Waals surface area contributed by atoms with Crippen molar-refractivity contribution in [2.45, 2.75) is 96.8 Å². The quantitative estimate of drug-likeness (QED) is 0.0429. The number of carbonyl (C=O) groups excluding carboxylic acids is 4. The molecule has 3 fully saturated rings. The molecule has 0 aliphatic carbocycles. The smallest absolute Gasteiger partial charge is 0.406 e. The van der Waals surface area contributed by atoms with Gasteiger partial charge in [-0.1, -0.05) is 45.0 Å². The van der Waals surface area contributed by atoms with Crippen molar-refractivity contribution in [1.82, 2.24) is 40.3 Å². The molecule has 0 radical (unpaired) electrons.